The van der Waals surface area contributed by atoms with Crippen LogP contribution in [-0.4, -0.2) is 70.5 Å². The molecule has 4 rings (SSSR count). The van der Waals surface area contributed by atoms with Gasteiger partial charge < -0.3 is 24.6 Å². The molecule has 41 heavy (non-hydrogen) atoms. The van der Waals surface area contributed by atoms with Gasteiger partial charge in [0.05, 0.1) is 36.4 Å². The number of nitrogens with zero attached hydrogens (tertiary/aromatic N) is 3. The van der Waals surface area contributed by atoms with Gasteiger partial charge in [0.2, 0.25) is 0 Å². The van der Waals surface area contributed by atoms with Crippen molar-refractivity contribution in [2.24, 2.45) is 5.92 Å². The van der Waals surface area contributed by atoms with E-state index in [2.05, 4.69) is 15.3 Å². The molecule has 0 amide bonds. The molecule has 1 aliphatic carbocycles. The summed E-state index contributed by atoms with van der Waals surface area (Å²) < 4.78 is 31.4. The second kappa shape index (κ2) is 13.6. The number of carbonyl (C=O) groups is 1. The average Bonchev–Trinajstić information content (AvgIpc) is 3.71. The molecule has 0 aliphatic heterocycles. The van der Waals surface area contributed by atoms with Crippen molar-refractivity contribution < 1.29 is 28.5 Å². The van der Waals surface area contributed by atoms with E-state index in [0.717, 1.165) is 12.8 Å². The standard InChI is InChI=1S/C30H38ClFN4O5/c1-19(37)15-36(16-28(38)41-30(2,3)4)10-5-11-39-26-13-22-25(14-27(26)40-17-20-6-7-20)33-18-34-29(22)35-21-8-9-24(32)23(31)12-21/h8-9,12-14,18-20,37H,5-7,10-11,15-17H2,1-4H3,(H,33,34,35)/t19-/m1/s1. The van der Waals surface area contributed by atoms with E-state index in [1.54, 1.807) is 13.0 Å². The molecule has 2 aromatic carbocycles. The van der Waals surface area contributed by atoms with Crippen LogP contribution >= 0.6 is 11.6 Å². The fourth-order valence-electron chi connectivity index (χ4n) is 4.23. The van der Waals surface area contributed by atoms with Gasteiger partial charge in [-0.15, -0.1) is 0 Å². The smallest absolute Gasteiger partial charge is 0.320 e. The highest BCUT2D eigenvalue weighted by atomic mass is 35.5. The molecule has 0 spiro atoms. The maximum atomic E-state index is 13.7. The summed E-state index contributed by atoms with van der Waals surface area (Å²) in [5.74, 6) is 1.35. The molecule has 1 heterocycles. The first-order chi connectivity index (χ1) is 19.5. The molecule has 0 bridgehead atoms. The molecule has 11 heteroatoms. The van der Waals surface area contributed by atoms with Gasteiger partial charge >= 0.3 is 5.97 Å². The highest BCUT2D eigenvalue weighted by Gasteiger charge is 2.23. The van der Waals surface area contributed by atoms with Gasteiger partial charge in [0, 0.05) is 30.2 Å². The number of halogens is 2. The Labute approximate surface area is 245 Å². The summed E-state index contributed by atoms with van der Waals surface area (Å²) in [7, 11) is 0. The molecule has 0 radical (unpaired) electrons. The zero-order valence-electron chi connectivity index (χ0n) is 24.0. The topological polar surface area (TPSA) is 106 Å². The Kier molecular flexibility index (Phi) is 10.2. The second-order valence-electron chi connectivity index (χ2n) is 11.4. The van der Waals surface area contributed by atoms with Gasteiger partial charge in [0.25, 0.3) is 0 Å². The van der Waals surface area contributed by atoms with Crippen LogP contribution in [0.15, 0.2) is 36.7 Å². The van der Waals surface area contributed by atoms with Crippen LogP contribution in [0.25, 0.3) is 10.9 Å². The van der Waals surface area contributed by atoms with Crippen LogP contribution in [0.3, 0.4) is 0 Å². The molecule has 1 fully saturated rings. The summed E-state index contributed by atoms with van der Waals surface area (Å²) in [6.45, 7) is 9.05. The van der Waals surface area contributed by atoms with Crippen LogP contribution in [0.5, 0.6) is 11.5 Å². The highest BCUT2D eigenvalue weighted by Crippen LogP contribution is 2.37. The van der Waals surface area contributed by atoms with E-state index in [-0.39, 0.29) is 17.5 Å². The number of aliphatic hydroxyl groups is 1. The molecule has 0 unspecified atom stereocenters. The lowest BCUT2D eigenvalue weighted by Gasteiger charge is -2.26. The molecular formula is C30H38ClFN4O5. The van der Waals surface area contributed by atoms with Crippen molar-refractivity contribution in [1.82, 2.24) is 14.9 Å². The quantitative estimate of drug-likeness (QED) is 0.180. The summed E-state index contributed by atoms with van der Waals surface area (Å²) >= 11 is 5.96. The lowest BCUT2D eigenvalue weighted by Crippen LogP contribution is -2.39. The summed E-state index contributed by atoms with van der Waals surface area (Å²) in [6, 6.07) is 8.02. The minimum atomic E-state index is -0.594. The predicted octanol–water partition coefficient (Wildman–Crippen LogP) is 5.75. The Bertz CT molecular complexity index is 1350. The van der Waals surface area contributed by atoms with Gasteiger partial charge in [-0.05, 0) is 77.1 Å². The summed E-state index contributed by atoms with van der Waals surface area (Å²) in [4.78, 5) is 23.0. The molecule has 1 aromatic heterocycles. The van der Waals surface area contributed by atoms with Crippen molar-refractivity contribution in [2.45, 2.75) is 58.7 Å². The third-order valence-corrected chi connectivity index (χ3v) is 6.52. The molecule has 2 N–H and O–H groups in total. The molecule has 222 valence electrons. The van der Waals surface area contributed by atoms with Crippen LogP contribution in [0.1, 0.15) is 47.0 Å². The third kappa shape index (κ3) is 9.69. The van der Waals surface area contributed by atoms with Crippen LogP contribution in [-0.2, 0) is 9.53 Å². The van der Waals surface area contributed by atoms with E-state index >= 15 is 0 Å². The van der Waals surface area contributed by atoms with Crippen LogP contribution in [0.2, 0.25) is 5.02 Å². The number of aliphatic hydroxyl groups excluding tert-OH is 1. The lowest BCUT2D eigenvalue weighted by atomic mass is 10.2. The Morgan fingerprint density at radius 3 is 2.63 bits per heavy atom. The van der Waals surface area contributed by atoms with Crippen molar-refractivity contribution in [3.05, 3.63) is 47.5 Å². The minimum absolute atomic E-state index is 0.00412. The number of hydrogen-bond donors (Lipinski definition) is 2. The number of fused-ring (bicyclic) bond motifs is 1. The van der Waals surface area contributed by atoms with Crippen molar-refractivity contribution >= 4 is 40.0 Å². The SMILES string of the molecule is C[C@@H](O)CN(CCCOc1cc2c(Nc3ccc(F)c(Cl)c3)ncnc2cc1OCC1CC1)CC(=O)OC(C)(C)C. The maximum absolute atomic E-state index is 13.7. The Balaban J connectivity index is 1.48. The Morgan fingerprint density at radius 2 is 1.95 bits per heavy atom. The van der Waals surface area contributed by atoms with Crippen LogP contribution in [0.4, 0.5) is 15.9 Å². The molecular weight excluding hydrogens is 551 g/mol. The fraction of sp³-hybridized carbons (Fsp3) is 0.500. The first kappa shape index (κ1) is 30.7. The number of carbonyl (C=O) groups excluding carboxylic acids is 1. The number of ether oxygens (including phenoxy) is 3. The van der Waals surface area contributed by atoms with Crippen LogP contribution < -0.4 is 14.8 Å². The fourth-order valence-corrected chi connectivity index (χ4v) is 4.41. The number of hydrogen-bond acceptors (Lipinski definition) is 9. The maximum Gasteiger partial charge on any atom is 0.320 e. The van der Waals surface area contributed by atoms with Crippen molar-refractivity contribution in [3.63, 3.8) is 0 Å². The monoisotopic (exact) mass is 588 g/mol. The number of esters is 1. The number of rotatable bonds is 14. The van der Waals surface area contributed by atoms with Crippen molar-refractivity contribution in [1.29, 1.82) is 0 Å². The Morgan fingerprint density at radius 1 is 1.20 bits per heavy atom. The van der Waals surface area contributed by atoms with E-state index in [0.29, 0.717) is 72.5 Å². The van der Waals surface area contributed by atoms with Gasteiger partial charge in [-0.25, -0.2) is 14.4 Å². The molecule has 1 atom stereocenters. The summed E-state index contributed by atoms with van der Waals surface area (Å²) in [5.41, 5.74) is 0.662. The van der Waals surface area contributed by atoms with Gasteiger partial charge in [-0.2, -0.15) is 0 Å². The molecule has 3 aromatic rings. The molecule has 0 saturated heterocycles. The first-order valence-electron chi connectivity index (χ1n) is 13.9. The number of anilines is 2. The first-order valence-corrected chi connectivity index (χ1v) is 14.2. The number of nitrogens with one attached hydrogen (secondary N) is 1. The van der Waals surface area contributed by atoms with Gasteiger partial charge in [-0.1, -0.05) is 11.6 Å². The molecule has 1 aliphatic rings. The molecule has 1 saturated carbocycles. The largest absolute Gasteiger partial charge is 0.490 e. The van der Waals surface area contributed by atoms with Crippen molar-refractivity contribution in [2.75, 3.05) is 38.2 Å². The van der Waals surface area contributed by atoms with E-state index < -0.39 is 17.5 Å². The van der Waals surface area contributed by atoms with Crippen LogP contribution in [0, 0.1) is 11.7 Å². The van der Waals surface area contributed by atoms with Gasteiger partial charge in [0.15, 0.2) is 11.5 Å². The van der Waals surface area contributed by atoms with Gasteiger partial charge in [-0.3, -0.25) is 9.69 Å². The number of aromatic nitrogens is 2. The van der Waals surface area contributed by atoms with E-state index in [1.807, 2.05) is 37.8 Å². The van der Waals surface area contributed by atoms with Crippen molar-refractivity contribution in [3.8, 4) is 11.5 Å². The van der Waals surface area contributed by atoms with Gasteiger partial charge in [0.1, 0.15) is 23.6 Å². The summed E-state index contributed by atoms with van der Waals surface area (Å²) in [6.07, 6.45) is 3.75. The lowest BCUT2D eigenvalue weighted by molar-refractivity contribution is -0.156. The normalized spacial score (nSPS) is 14.2. The molecule has 9 nitrogen and oxygen atoms in total. The zero-order chi connectivity index (χ0) is 29.6. The third-order valence-electron chi connectivity index (χ3n) is 6.23. The van der Waals surface area contributed by atoms with E-state index in [4.69, 9.17) is 25.8 Å². The Hall–Kier alpha value is -3.21. The highest BCUT2D eigenvalue weighted by molar-refractivity contribution is 6.31. The number of benzene rings is 2. The van der Waals surface area contributed by atoms with E-state index in [9.17, 15) is 14.3 Å². The average molecular weight is 589 g/mol. The predicted molar refractivity (Wildman–Crippen MR) is 157 cm³/mol. The second-order valence-corrected chi connectivity index (χ2v) is 11.8. The summed E-state index contributed by atoms with van der Waals surface area (Å²) in [5, 5.41) is 13.8. The van der Waals surface area contributed by atoms with E-state index in [1.165, 1.54) is 18.5 Å². The minimum Gasteiger partial charge on any atom is -0.490 e. The zero-order valence-corrected chi connectivity index (χ0v) is 24.7.